The van der Waals surface area contributed by atoms with Gasteiger partial charge in [-0.25, -0.2) is 0 Å². The van der Waals surface area contributed by atoms with E-state index in [-0.39, 0.29) is 17.8 Å². The van der Waals surface area contributed by atoms with Crippen molar-refractivity contribution >= 4 is 5.97 Å². The lowest BCUT2D eigenvalue weighted by Crippen LogP contribution is -2.29. The molecule has 1 fully saturated rings. The zero-order chi connectivity index (χ0) is 25.7. The first-order chi connectivity index (χ1) is 16.6. The number of hydrogen-bond donors (Lipinski definition) is 0. The highest BCUT2D eigenvalue weighted by molar-refractivity contribution is 5.73. The topological polar surface area (TPSA) is 38.8 Å². The molecule has 0 aromatic heterocycles. The number of carbonyl (C=O) groups excluding carboxylic acids is 1. The maximum Gasteiger partial charge on any atom is 0.310 e. The Morgan fingerprint density at radius 1 is 0.914 bits per heavy atom. The lowest BCUT2D eigenvalue weighted by molar-refractivity contribution is -0.149. The fraction of sp³-hybridized carbons (Fsp3) is 0.774. The molecule has 0 aliphatic carbocycles. The van der Waals surface area contributed by atoms with Crippen molar-refractivity contribution in [2.24, 2.45) is 22.7 Å². The number of rotatable bonds is 16. The molecule has 0 unspecified atom stereocenters. The van der Waals surface area contributed by atoms with Crippen LogP contribution in [0.25, 0.3) is 0 Å². The molecule has 4 nitrogen and oxygen atoms in total. The van der Waals surface area contributed by atoms with Gasteiger partial charge in [0.05, 0.1) is 19.1 Å². The minimum Gasteiger partial charge on any atom is -0.466 e. The summed E-state index contributed by atoms with van der Waals surface area (Å²) in [7, 11) is 0. The minimum absolute atomic E-state index is 0.0671. The Labute approximate surface area is 216 Å². The molecule has 1 aromatic rings. The first kappa shape index (κ1) is 29.8. The van der Waals surface area contributed by atoms with Gasteiger partial charge in [-0.05, 0) is 36.2 Å². The van der Waals surface area contributed by atoms with E-state index in [0.717, 1.165) is 32.7 Å². The molecule has 1 aromatic carbocycles. The van der Waals surface area contributed by atoms with Crippen LogP contribution in [0.3, 0.4) is 0 Å². The van der Waals surface area contributed by atoms with Crippen LogP contribution in [0.5, 0.6) is 0 Å². The van der Waals surface area contributed by atoms with Crippen molar-refractivity contribution in [3.05, 3.63) is 35.9 Å². The fourth-order valence-electron chi connectivity index (χ4n) is 4.88. The molecule has 2 atom stereocenters. The average molecular weight is 488 g/mol. The molecular weight excluding hydrogens is 434 g/mol. The Kier molecular flexibility index (Phi) is 12.8. The van der Waals surface area contributed by atoms with Crippen molar-refractivity contribution < 1.29 is 14.3 Å². The second-order valence-electron chi connectivity index (χ2n) is 12.2. The molecule has 0 radical (unpaired) electrons. The highest BCUT2D eigenvalue weighted by atomic mass is 16.5. The largest absolute Gasteiger partial charge is 0.466 e. The molecule has 1 heterocycles. The Morgan fingerprint density at radius 2 is 1.54 bits per heavy atom. The van der Waals surface area contributed by atoms with Crippen LogP contribution >= 0.6 is 0 Å². The zero-order valence-corrected chi connectivity index (χ0v) is 23.6. The molecule has 1 aliphatic rings. The van der Waals surface area contributed by atoms with Crippen LogP contribution in [0.4, 0.5) is 0 Å². The van der Waals surface area contributed by atoms with Crippen LogP contribution < -0.4 is 0 Å². The van der Waals surface area contributed by atoms with Gasteiger partial charge in [0.15, 0.2) is 0 Å². The summed E-state index contributed by atoms with van der Waals surface area (Å²) < 4.78 is 11.4. The number of esters is 1. The molecular formula is C31H53NO3. The predicted octanol–water partition coefficient (Wildman–Crippen LogP) is 7.51. The number of ether oxygens (including phenoxy) is 2. The van der Waals surface area contributed by atoms with Gasteiger partial charge in [-0.2, -0.15) is 0 Å². The van der Waals surface area contributed by atoms with Crippen LogP contribution in [0, 0.1) is 22.7 Å². The minimum atomic E-state index is -0.0816. The molecule has 2 rings (SSSR count). The number of carbonyl (C=O) groups is 1. The van der Waals surface area contributed by atoms with E-state index in [1.807, 2.05) is 13.0 Å². The summed E-state index contributed by atoms with van der Waals surface area (Å²) in [5.41, 5.74) is 2.07. The molecule has 0 amide bonds. The predicted molar refractivity (Wildman–Crippen MR) is 146 cm³/mol. The van der Waals surface area contributed by atoms with Crippen molar-refractivity contribution in [1.29, 1.82) is 0 Å². The third-order valence-electron chi connectivity index (χ3n) is 8.31. The van der Waals surface area contributed by atoms with E-state index in [1.54, 1.807) is 0 Å². The van der Waals surface area contributed by atoms with Crippen molar-refractivity contribution in [3.63, 3.8) is 0 Å². The Balaban J connectivity index is 1.58. The number of hydrogen-bond acceptors (Lipinski definition) is 4. The van der Waals surface area contributed by atoms with E-state index in [0.29, 0.717) is 24.0 Å². The van der Waals surface area contributed by atoms with Crippen LogP contribution in [-0.4, -0.2) is 43.8 Å². The maximum atomic E-state index is 12.5. The Bertz CT molecular complexity index is 710. The fourth-order valence-corrected chi connectivity index (χ4v) is 4.88. The summed E-state index contributed by atoms with van der Waals surface area (Å²) in [6.45, 7) is 18.2. The molecule has 0 bridgehead atoms. The number of benzene rings is 1. The van der Waals surface area contributed by atoms with Crippen molar-refractivity contribution in [3.8, 4) is 0 Å². The maximum absolute atomic E-state index is 12.5. The highest BCUT2D eigenvalue weighted by Crippen LogP contribution is 2.42. The van der Waals surface area contributed by atoms with Crippen LogP contribution in [0.2, 0.25) is 0 Å². The van der Waals surface area contributed by atoms with Gasteiger partial charge < -0.3 is 9.47 Å². The van der Waals surface area contributed by atoms with Crippen molar-refractivity contribution in [2.75, 3.05) is 32.9 Å². The van der Waals surface area contributed by atoms with Gasteiger partial charge in [-0.15, -0.1) is 0 Å². The number of nitrogens with zero attached hydrogens (tertiary/aromatic N) is 1. The molecule has 0 N–H and O–H groups in total. The smallest absolute Gasteiger partial charge is 0.310 e. The Hall–Kier alpha value is -1.39. The standard InChI is InChI=1S/C31H53NO3/c1-7-35-29(33)28-24-32(22-26-18-14-13-15-19-26)23-27(28)25-34-21-17-12-10-8-9-11-16-20-31(5,6)30(2,3)4/h13-15,18-19,27-28H,7-12,16-17,20-25H2,1-6H3/t27-,28+/m0/s1. The van der Waals surface area contributed by atoms with Gasteiger partial charge in [0.1, 0.15) is 0 Å². The quantitative estimate of drug-likeness (QED) is 0.179. The van der Waals surface area contributed by atoms with Gasteiger partial charge in [0.2, 0.25) is 0 Å². The van der Waals surface area contributed by atoms with Gasteiger partial charge in [0.25, 0.3) is 0 Å². The first-order valence-corrected chi connectivity index (χ1v) is 14.1. The van der Waals surface area contributed by atoms with E-state index in [2.05, 4.69) is 63.8 Å². The van der Waals surface area contributed by atoms with E-state index in [4.69, 9.17) is 9.47 Å². The average Bonchev–Trinajstić information content (AvgIpc) is 3.20. The second-order valence-corrected chi connectivity index (χ2v) is 12.2. The van der Waals surface area contributed by atoms with E-state index in [1.165, 1.54) is 50.5 Å². The normalized spacial score (nSPS) is 19.3. The van der Waals surface area contributed by atoms with Crippen LogP contribution in [0.15, 0.2) is 30.3 Å². The summed E-state index contributed by atoms with van der Waals surface area (Å²) in [4.78, 5) is 14.9. The summed E-state index contributed by atoms with van der Waals surface area (Å²) in [5, 5.41) is 0. The molecule has 200 valence electrons. The zero-order valence-electron chi connectivity index (χ0n) is 23.6. The molecule has 35 heavy (non-hydrogen) atoms. The van der Waals surface area contributed by atoms with E-state index >= 15 is 0 Å². The van der Waals surface area contributed by atoms with Gasteiger partial charge in [0, 0.05) is 32.2 Å². The lowest BCUT2D eigenvalue weighted by atomic mass is 9.67. The van der Waals surface area contributed by atoms with Gasteiger partial charge in [-0.3, -0.25) is 9.69 Å². The van der Waals surface area contributed by atoms with E-state index < -0.39 is 0 Å². The summed E-state index contributed by atoms with van der Waals surface area (Å²) in [5.74, 6) is 0.0691. The Morgan fingerprint density at radius 3 is 2.17 bits per heavy atom. The second kappa shape index (κ2) is 15.0. The van der Waals surface area contributed by atoms with E-state index in [9.17, 15) is 4.79 Å². The van der Waals surface area contributed by atoms with Gasteiger partial charge in [-0.1, -0.05) is 103 Å². The summed E-state index contributed by atoms with van der Waals surface area (Å²) in [6, 6.07) is 10.5. The third kappa shape index (κ3) is 10.6. The van der Waals surface area contributed by atoms with Crippen LogP contribution in [0.1, 0.15) is 98.5 Å². The molecule has 0 spiro atoms. The number of likely N-dealkylation sites (tertiary alicyclic amines) is 1. The van der Waals surface area contributed by atoms with Crippen molar-refractivity contribution in [1.82, 2.24) is 4.90 Å². The number of unbranched alkanes of at least 4 members (excludes halogenated alkanes) is 6. The van der Waals surface area contributed by atoms with Crippen molar-refractivity contribution in [2.45, 2.75) is 99.5 Å². The molecule has 4 heteroatoms. The summed E-state index contributed by atoms with van der Waals surface area (Å²) >= 11 is 0. The lowest BCUT2D eigenvalue weighted by Gasteiger charge is -2.39. The van der Waals surface area contributed by atoms with Crippen LogP contribution in [-0.2, 0) is 20.8 Å². The molecule has 1 saturated heterocycles. The summed E-state index contributed by atoms with van der Waals surface area (Å²) in [6.07, 6.45) is 10.3. The van der Waals surface area contributed by atoms with Gasteiger partial charge >= 0.3 is 5.97 Å². The monoisotopic (exact) mass is 487 g/mol. The third-order valence-corrected chi connectivity index (χ3v) is 8.31. The molecule has 0 saturated carbocycles. The SMILES string of the molecule is CCOC(=O)[C@@H]1CN(Cc2ccccc2)C[C@H]1COCCCCCCCCCC(C)(C)C(C)(C)C. The molecule has 1 aliphatic heterocycles. The first-order valence-electron chi connectivity index (χ1n) is 14.1. The highest BCUT2D eigenvalue weighted by Gasteiger charge is 2.38.